The van der Waals surface area contributed by atoms with E-state index in [-0.39, 0.29) is 18.7 Å². The lowest BCUT2D eigenvalue weighted by atomic mass is 10.1. The van der Waals surface area contributed by atoms with Crippen LogP contribution in [0.25, 0.3) is 0 Å². The molecule has 0 aliphatic carbocycles. The third kappa shape index (κ3) is 3.42. The van der Waals surface area contributed by atoms with Crippen molar-refractivity contribution in [2.24, 2.45) is 0 Å². The number of hydrogen-bond acceptors (Lipinski definition) is 4. The smallest absolute Gasteiger partial charge is 0.123 e. The Morgan fingerprint density at radius 2 is 2.20 bits per heavy atom. The molecule has 1 heterocycles. The van der Waals surface area contributed by atoms with Crippen molar-refractivity contribution < 1.29 is 14.3 Å². The summed E-state index contributed by atoms with van der Waals surface area (Å²) in [5.41, 5.74) is 1.09. The van der Waals surface area contributed by atoms with E-state index in [9.17, 15) is 5.11 Å². The van der Waals surface area contributed by atoms with Crippen LogP contribution < -0.4 is 10.1 Å². The third-order valence-corrected chi connectivity index (χ3v) is 3.88. The fourth-order valence-corrected chi connectivity index (χ4v) is 2.79. The summed E-state index contributed by atoms with van der Waals surface area (Å²) in [5.74, 6) is 1.53. The Balaban J connectivity index is 2.13. The molecule has 2 aromatic rings. The van der Waals surface area contributed by atoms with Crippen molar-refractivity contribution in [1.82, 2.24) is 5.32 Å². The van der Waals surface area contributed by atoms with E-state index in [0.717, 1.165) is 21.5 Å². The minimum absolute atomic E-state index is 0.0222. The molecule has 0 fully saturated rings. The molecular weight excluding hydrogens is 322 g/mol. The average Bonchev–Trinajstić information content (AvgIpc) is 2.98. The van der Waals surface area contributed by atoms with Gasteiger partial charge >= 0.3 is 0 Å². The summed E-state index contributed by atoms with van der Waals surface area (Å²) in [4.78, 5) is 0. The first-order valence-electron chi connectivity index (χ1n) is 6.39. The van der Waals surface area contributed by atoms with Gasteiger partial charge in [-0.3, -0.25) is 5.32 Å². The zero-order chi connectivity index (χ0) is 14.5. The van der Waals surface area contributed by atoms with Crippen molar-refractivity contribution in [3.05, 3.63) is 52.4 Å². The second kappa shape index (κ2) is 6.92. The molecule has 0 radical (unpaired) electrons. The van der Waals surface area contributed by atoms with E-state index < -0.39 is 0 Å². The zero-order valence-corrected chi connectivity index (χ0v) is 13.1. The third-order valence-electron chi connectivity index (χ3n) is 3.19. The van der Waals surface area contributed by atoms with Crippen LogP contribution in [0.5, 0.6) is 5.75 Å². The summed E-state index contributed by atoms with van der Waals surface area (Å²) in [6.07, 6.45) is 1.60. The van der Waals surface area contributed by atoms with Crippen LogP contribution in [0.2, 0.25) is 0 Å². The summed E-state index contributed by atoms with van der Waals surface area (Å²) >= 11 is 3.54. The van der Waals surface area contributed by atoms with Gasteiger partial charge in [-0.15, -0.1) is 0 Å². The van der Waals surface area contributed by atoms with Crippen LogP contribution in [-0.2, 0) is 0 Å². The molecule has 2 N–H and O–H groups in total. The van der Waals surface area contributed by atoms with Crippen molar-refractivity contribution in [3.8, 4) is 5.75 Å². The lowest BCUT2D eigenvalue weighted by molar-refractivity contribution is 0.217. The molecule has 0 aliphatic rings. The molecule has 5 heteroatoms. The van der Waals surface area contributed by atoms with Gasteiger partial charge in [-0.2, -0.15) is 0 Å². The van der Waals surface area contributed by atoms with E-state index in [1.165, 1.54) is 0 Å². The van der Waals surface area contributed by atoms with E-state index in [1.54, 1.807) is 13.4 Å². The number of nitrogens with one attached hydrogen (secondary N) is 1. The maximum Gasteiger partial charge on any atom is 0.123 e. The Morgan fingerprint density at radius 1 is 1.40 bits per heavy atom. The molecule has 108 valence electrons. The molecule has 0 amide bonds. The maximum absolute atomic E-state index is 9.49. The van der Waals surface area contributed by atoms with Crippen molar-refractivity contribution in [3.63, 3.8) is 0 Å². The highest BCUT2D eigenvalue weighted by molar-refractivity contribution is 9.10. The minimum atomic E-state index is -0.228. The van der Waals surface area contributed by atoms with Crippen LogP contribution in [0.3, 0.4) is 0 Å². The number of halogens is 1. The number of furan rings is 1. The number of aliphatic hydroxyl groups excluding tert-OH is 1. The van der Waals surface area contributed by atoms with Gasteiger partial charge in [-0.25, -0.2) is 0 Å². The van der Waals surface area contributed by atoms with Crippen LogP contribution in [0, 0.1) is 0 Å². The first-order chi connectivity index (χ1) is 9.65. The number of methoxy groups -OCH3 is 1. The Labute approximate surface area is 126 Å². The minimum Gasteiger partial charge on any atom is -0.497 e. The highest BCUT2D eigenvalue weighted by Gasteiger charge is 2.18. The quantitative estimate of drug-likeness (QED) is 0.846. The molecule has 0 spiro atoms. The first-order valence-corrected chi connectivity index (χ1v) is 7.18. The van der Waals surface area contributed by atoms with Gasteiger partial charge < -0.3 is 14.3 Å². The first kappa shape index (κ1) is 15.1. The summed E-state index contributed by atoms with van der Waals surface area (Å²) in [7, 11) is 1.64. The van der Waals surface area contributed by atoms with Crippen molar-refractivity contribution in [2.75, 3.05) is 13.7 Å². The molecule has 2 rings (SSSR count). The van der Waals surface area contributed by atoms with Gasteiger partial charge in [0.15, 0.2) is 0 Å². The number of rotatable bonds is 6. The number of ether oxygens (including phenoxy) is 1. The fourth-order valence-electron chi connectivity index (χ4n) is 2.09. The van der Waals surface area contributed by atoms with Crippen molar-refractivity contribution >= 4 is 15.9 Å². The molecule has 1 aromatic heterocycles. The monoisotopic (exact) mass is 339 g/mol. The Hall–Kier alpha value is -1.30. The lowest BCUT2D eigenvalue weighted by Crippen LogP contribution is -2.27. The molecule has 0 saturated carbocycles. The van der Waals surface area contributed by atoms with E-state index in [1.807, 2.05) is 37.3 Å². The van der Waals surface area contributed by atoms with Crippen LogP contribution in [-0.4, -0.2) is 18.8 Å². The molecular formula is C15H18BrNO3. The zero-order valence-electron chi connectivity index (χ0n) is 11.5. The second-order valence-corrected chi connectivity index (χ2v) is 5.38. The predicted molar refractivity (Wildman–Crippen MR) is 80.8 cm³/mol. The summed E-state index contributed by atoms with van der Waals surface area (Å²) in [5, 5.41) is 12.8. The maximum atomic E-state index is 9.49. The molecule has 4 nitrogen and oxygen atoms in total. The van der Waals surface area contributed by atoms with Crippen LogP contribution >= 0.6 is 15.9 Å². The summed E-state index contributed by atoms with van der Waals surface area (Å²) < 4.78 is 11.5. The van der Waals surface area contributed by atoms with Gasteiger partial charge in [-0.05, 0) is 36.8 Å². The van der Waals surface area contributed by atoms with Crippen LogP contribution in [0.15, 0.2) is 45.5 Å². The molecule has 20 heavy (non-hydrogen) atoms. The SMILES string of the molecule is COc1ccc([C@H](C)N[C@@H](CO)c2ccco2)c(Br)c1. The van der Waals surface area contributed by atoms with E-state index in [4.69, 9.17) is 9.15 Å². The predicted octanol–water partition coefficient (Wildman–Crippen LogP) is 3.43. The van der Waals surface area contributed by atoms with Gasteiger partial charge in [0.05, 0.1) is 26.0 Å². The van der Waals surface area contributed by atoms with Gasteiger partial charge in [0.1, 0.15) is 11.5 Å². The standard InChI is InChI=1S/C15H18BrNO3/c1-10(12-6-5-11(19-2)8-13(12)16)17-14(9-18)15-4-3-7-20-15/h3-8,10,14,17-18H,9H2,1-2H3/t10-,14-/m0/s1. The van der Waals surface area contributed by atoms with Gasteiger partial charge in [0.2, 0.25) is 0 Å². The molecule has 0 unspecified atom stereocenters. The highest BCUT2D eigenvalue weighted by Crippen LogP contribution is 2.29. The summed E-state index contributed by atoms with van der Waals surface area (Å²) in [6.45, 7) is 2.02. The summed E-state index contributed by atoms with van der Waals surface area (Å²) in [6, 6.07) is 9.33. The van der Waals surface area contributed by atoms with E-state index in [2.05, 4.69) is 21.2 Å². The van der Waals surface area contributed by atoms with Gasteiger partial charge in [-0.1, -0.05) is 22.0 Å². The van der Waals surface area contributed by atoms with E-state index >= 15 is 0 Å². The van der Waals surface area contributed by atoms with Gasteiger partial charge in [0, 0.05) is 10.5 Å². The van der Waals surface area contributed by atoms with Crippen LogP contribution in [0.1, 0.15) is 30.3 Å². The molecule has 0 saturated heterocycles. The fraction of sp³-hybridized carbons (Fsp3) is 0.333. The van der Waals surface area contributed by atoms with Gasteiger partial charge in [0.25, 0.3) is 0 Å². The number of aliphatic hydroxyl groups is 1. The topological polar surface area (TPSA) is 54.6 Å². The molecule has 2 atom stereocenters. The Bertz CT molecular complexity index is 542. The number of benzene rings is 1. The average molecular weight is 340 g/mol. The second-order valence-electron chi connectivity index (χ2n) is 4.53. The highest BCUT2D eigenvalue weighted by atomic mass is 79.9. The normalized spacial score (nSPS) is 14.0. The molecule has 0 bridgehead atoms. The lowest BCUT2D eigenvalue weighted by Gasteiger charge is -2.21. The Kier molecular flexibility index (Phi) is 5.23. The molecule has 1 aromatic carbocycles. The van der Waals surface area contributed by atoms with Crippen molar-refractivity contribution in [1.29, 1.82) is 0 Å². The van der Waals surface area contributed by atoms with Crippen LogP contribution in [0.4, 0.5) is 0 Å². The Morgan fingerprint density at radius 3 is 2.75 bits per heavy atom. The van der Waals surface area contributed by atoms with E-state index in [0.29, 0.717) is 0 Å². The number of hydrogen-bond donors (Lipinski definition) is 2. The van der Waals surface area contributed by atoms with Crippen molar-refractivity contribution in [2.45, 2.75) is 19.0 Å². The largest absolute Gasteiger partial charge is 0.497 e. The molecule has 0 aliphatic heterocycles.